The van der Waals surface area contributed by atoms with E-state index < -0.39 is 0 Å². The molecule has 0 spiro atoms. The number of aromatic nitrogens is 2. The molecule has 1 aliphatic rings. The van der Waals surface area contributed by atoms with Crippen molar-refractivity contribution >= 4 is 17.5 Å². The summed E-state index contributed by atoms with van der Waals surface area (Å²) in [4.78, 5) is 20.7. The second kappa shape index (κ2) is 8.77. The van der Waals surface area contributed by atoms with E-state index >= 15 is 0 Å². The molecule has 0 aliphatic heterocycles. The molecule has 0 saturated heterocycles. The lowest BCUT2D eigenvalue weighted by molar-refractivity contribution is 0.0949. The Labute approximate surface area is 153 Å². The first kappa shape index (κ1) is 17.6. The van der Waals surface area contributed by atoms with E-state index in [-0.39, 0.29) is 5.91 Å². The summed E-state index contributed by atoms with van der Waals surface area (Å²) in [5.41, 5.74) is 3.10. The zero-order chi connectivity index (χ0) is 18.2. The molecule has 6 nitrogen and oxygen atoms in total. The molecular formula is C20H21N5O. The summed E-state index contributed by atoms with van der Waals surface area (Å²) in [5, 5.41) is 14.8. The number of carbonyl (C=O) groups is 1. The predicted octanol–water partition coefficient (Wildman–Crippen LogP) is 3.71. The van der Waals surface area contributed by atoms with Crippen LogP contribution in [0, 0.1) is 11.3 Å². The molecule has 132 valence electrons. The minimum Gasteiger partial charge on any atom is -0.350 e. The normalized spacial score (nSPS) is 13.4. The Morgan fingerprint density at radius 1 is 1.19 bits per heavy atom. The number of nitrogens with zero attached hydrogens (tertiary/aromatic N) is 3. The monoisotopic (exact) mass is 347 g/mol. The zero-order valence-electron chi connectivity index (χ0n) is 14.5. The largest absolute Gasteiger partial charge is 0.350 e. The van der Waals surface area contributed by atoms with E-state index in [4.69, 9.17) is 5.26 Å². The van der Waals surface area contributed by atoms with Gasteiger partial charge in [0, 0.05) is 18.4 Å². The molecule has 0 radical (unpaired) electrons. The first-order valence-electron chi connectivity index (χ1n) is 8.81. The minimum atomic E-state index is -0.202. The highest BCUT2D eigenvalue weighted by Gasteiger charge is 2.10. The molecule has 2 aromatic rings. The van der Waals surface area contributed by atoms with E-state index in [1.165, 1.54) is 18.4 Å². The molecule has 1 aromatic heterocycles. The van der Waals surface area contributed by atoms with Crippen molar-refractivity contribution < 1.29 is 4.79 Å². The Morgan fingerprint density at radius 2 is 2.04 bits per heavy atom. The summed E-state index contributed by atoms with van der Waals surface area (Å²) in [6, 6.07) is 10.6. The van der Waals surface area contributed by atoms with Gasteiger partial charge in [-0.25, -0.2) is 9.97 Å². The average molecular weight is 347 g/mol. The molecule has 0 atom stereocenters. The summed E-state index contributed by atoms with van der Waals surface area (Å²) >= 11 is 0. The van der Waals surface area contributed by atoms with Gasteiger partial charge in [-0.1, -0.05) is 11.6 Å². The van der Waals surface area contributed by atoms with Gasteiger partial charge in [0.2, 0.25) is 5.95 Å². The lowest BCUT2D eigenvalue weighted by atomic mass is 9.97. The third-order valence-corrected chi connectivity index (χ3v) is 4.28. The number of benzene rings is 1. The molecular weight excluding hydrogens is 326 g/mol. The van der Waals surface area contributed by atoms with Gasteiger partial charge in [0.15, 0.2) is 0 Å². The molecule has 26 heavy (non-hydrogen) atoms. The van der Waals surface area contributed by atoms with E-state index in [0.29, 0.717) is 23.8 Å². The smallest absolute Gasteiger partial charge is 0.270 e. The van der Waals surface area contributed by atoms with E-state index in [9.17, 15) is 4.79 Å². The van der Waals surface area contributed by atoms with Crippen LogP contribution in [0.1, 0.15) is 48.2 Å². The highest BCUT2D eigenvalue weighted by molar-refractivity contribution is 5.92. The number of nitriles is 1. The predicted molar refractivity (Wildman–Crippen MR) is 100.0 cm³/mol. The summed E-state index contributed by atoms with van der Waals surface area (Å²) < 4.78 is 0. The van der Waals surface area contributed by atoms with Crippen molar-refractivity contribution in [3.05, 3.63) is 59.4 Å². The van der Waals surface area contributed by atoms with Crippen molar-refractivity contribution in [1.29, 1.82) is 5.26 Å². The van der Waals surface area contributed by atoms with Gasteiger partial charge in [-0.3, -0.25) is 4.79 Å². The SMILES string of the molecule is N#Cc1ccc(Nc2nccc(C(=O)NCCC3=CCCCC3)n2)cc1. The van der Waals surface area contributed by atoms with Crippen molar-refractivity contribution in [2.45, 2.75) is 32.1 Å². The number of carbonyl (C=O) groups excluding carboxylic acids is 1. The van der Waals surface area contributed by atoms with Crippen LogP contribution >= 0.6 is 0 Å². The summed E-state index contributed by atoms with van der Waals surface area (Å²) in [7, 11) is 0. The number of hydrogen-bond donors (Lipinski definition) is 2. The second-order valence-electron chi connectivity index (χ2n) is 6.19. The van der Waals surface area contributed by atoms with Gasteiger partial charge in [0.25, 0.3) is 5.91 Å². The average Bonchev–Trinajstić information content (AvgIpc) is 2.69. The van der Waals surface area contributed by atoms with Crippen LogP contribution in [0.5, 0.6) is 0 Å². The first-order valence-corrected chi connectivity index (χ1v) is 8.81. The zero-order valence-corrected chi connectivity index (χ0v) is 14.5. The van der Waals surface area contributed by atoms with E-state index in [2.05, 4.69) is 32.7 Å². The molecule has 1 amide bonds. The van der Waals surface area contributed by atoms with E-state index in [1.807, 2.05) is 0 Å². The summed E-state index contributed by atoms with van der Waals surface area (Å²) in [6.45, 7) is 0.618. The third-order valence-electron chi connectivity index (χ3n) is 4.28. The van der Waals surface area contributed by atoms with Crippen LogP contribution < -0.4 is 10.6 Å². The standard InChI is InChI=1S/C20H21N5O/c21-14-16-6-8-17(9-7-16)24-20-23-13-11-18(25-20)19(26)22-12-10-15-4-2-1-3-5-15/h4,6-9,11,13H,1-3,5,10,12H2,(H,22,26)(H,23,24,25). The Morgan fingerprint density at radius 3 is 2.77 bits per heavy atom. The molecule has 3 rings (SSSR count). The highest BCUT2D eigenvalue weighted by Crippen LogP contribution is 2.19. The molecule has 0 bridgehead atoms. The third kappa shape index (κ3) is 4.90. The number of rotatable bonds is 6. The fraction of sp³-hybridized carbons (Fsp3) is 0.300. The van der Waals surface area contributed by atoms with Crippen LogP contribution in [0.15, 0.2) is 48.2 Å². The lowest BCUT2D eigenvalue weighted by Gasteiger charge is -2.13. The van der Waals surface area contributed by atoms with Crippen molar-refractivity contribution in [2.24, 2.45) is 0 Å². The van der Waals surface area contributed by atoms with Gasteiger partial charge in [0.1, 0.15) is 5.69 Å². The van der Waals surface area contributed by atoms with Crippen LogP contribution in [0.4, 0.5) is 11.6 Å². The van der Waals surface area contributed by atoms with Gasteiger partial charge in [-0.15, -0.1) is 0 Å². The summed E-state index contributed by atoms with van der Waals surface area (Å²) in [6.07, 6.45) is 9.55. The van der Waals surface area contributed by atoms with Crippen LogP contribution in [-0.4, -0.2) is 22.4 Å². The Hall–Kier alpha value is -3.20. The van der Waals surface area contributed by atoms with Crippen molar-refractivity contribution in [2.75, 3.05) is 11.9 Å². The van der Waals surface area contributed by atoms with Gasteiger partial charge in [-0.05, 0) is 62.4 Å². The fourth-order valence-corrected chi connectivity index (χ4v) is 2.86. The van der Waals surface area contributed by atoms with Gasteiger partial charge in [0.05, 0.1) is 11.6 Å². The second-order valence-corrected chi connectivity index (χ2v) is 6.19. The number of hydrogen-bond acceptors (Lipinski definition) is 5. The lowest BCUT2D eigenvalue weighted by Crippen LogP contribution is -2.26. The fourth-order valence-electron chi connectivity index (χ4n) is 2.86. The first-order chi connectivity index (χ1) is 12.7. The van der Waals surface area contributed by atoms with Gasteiger partial charge < -0.3 is 10.6 Å². The van der Waals surface area contributed by atoms with Crippen LogP contribution in [-0.2, 0) is 0 Å². The van der Waals surface area contributed by atoms with Crippen LogP contribution in [0.2, 0.25) is 0 Å². The topological polar surface area (TPSA) is 90.7 Å². The number of amides is 1. The Bertz CT molecular complexity index is 836. The minimum absolute atomic E-state index is 0.202. The van der Waals surface area contributed by atoms with Crippen molar-refractivity contribution in [3.8, 4) is 6.07 Å². The Balaban J connectivity index is 1.56. The van der Waals surface area contributed by atoms with Crippen LogP contribution in [0.3, 0.4) is 0 Å². The highest BCUT2D eigenvalue weighted by atomic mass is 16.1. The number of nitrogens with one attached hydrogen (secondary N) is 2. The van der Waals surface area contributed by atoms with Crippen molar-refractivity contribution in [1.82, 2.24) is 15.3 Å². The van der Waals surface area contributed by atoms with Gasteiger partial charge >= 0.3 is 0 Å². The maximum atomic E-state index is 12.3. The Kier molecular flexibility index (Phi) is 5.94. The van der Waals surface area contributed by atoms with E-state index in [1.54, 1.807) is 36.5 Å². The molecule has 0 fully saturated rings. The van der Waals surface area contributed by atoms with E-state index in [0.717, 1.165) is 24.9 Å². The molecule has 0 saturated carbocycles. The summed E-state index contributed by atoms with van der Waals surface area (Å²) in [5.74, 6) is 0.143. The maximum absolute atomic E-state index is 12.3. The molecule has 0 unspecified atom stereocenters. The maximum Gasteiger partial charge on any atom is 0.270 e. The number of anilines is 2. The molecule has 2 N–H and O–H groups in total. The van der Waals surface area contributed by atoms with Crippen molar-refractivity contribution in [3.63, 3.8) is 0 Å². The molecule has 1 aromatic carbocycles. The van der Waals surface area contributed by atoms with Gasteiger partial charge in [-0.2, -0.15) is 5.26 Å². The quantitative estimate of drug-likeness (QED) is 0.777. The molecule has 1 heterocycles. The van der Waals surface area contributed by atoms with Crippen LogP contribution in [0.25, 0.3) is 0 Å². The number of allylic oxidation sites excluding steroid dienone is 1. The molecule has 1 aliphatic carbocycles. The molecule has 6 heteroatoms.